The van der Waals surface area contributed by atoms with Gasteiger partial charge in [-0.05, 0) is 29.1 Å². The highest BCUT2D eigenvalue weighted by molar-refractivity contribution is 5.97. The third-order valence-electron chi connectivity index (χ3n) is 2.93. The number of nitrogens with zero attached hydrogens (tertiary/aromatic N) is 1. The molecule has 0 saturated heterocycles. The van der Waals surface area contributed by atoms with Crippen molar-refractivity contribution in [1.29, 1.82) is 0 Å². The van der Waals surface area contributed by atoms with E-state index < -0.39 is 5.82 Å². The van der Waals surface area contributed by atoms with Gasteiger partial charge in [0.05, 0.1) is 0 Å². The molecule has 0 saturated carbocycles. The van der Waals surface area contributed by atoms with Crippen LogP contribution in [0.2, 0.25) is 0 Å². The molecule has 18 heavy (non-hydrogen) atoms. The highest BCUT2D eigenvalue weighted by Crippen LogP contribution is 2.34. The van der Waals surface area contributed by atoms with Gasteiger partial charge in [0, 0.05) is 29.4 Å². The van der Waals surface area contributed by atoms with E-state index in [-0.39, 0.29) is 5.75 Å². The minimum Gasteiger partial charge on any atom is -0.507 e. The van der Waals surface area contributed by atoms with Gasteiger partial charge in [-0.2, -0.15) is 0 Å². The number of hydrogen-bond acceptors (Lipinski definition) is 2. The smallest absolute Gasteiger partial charge is 0.126 e. The summed E-state index contributed by atoms with van der Waals surface area (Å²) < 4.78 is 13.0. The highest BCUT2D eigenvalue weighted by atomic mass is 19.1. The molecule has 3 aromatic rings. The molecule has 0 unspecified atom stereocenters. The lowest BCUT2D eigenvalue weighted by Gasteiger charge is -2.08. The predicted octanol–water partition coefficient (Wildman–Crippen LogP) is 3.75. The second kappa shape index (κ2) is 4.11. The van der Waals surface area contributed by atoms with E-state index in [1.807, 2.05) is 24.3 Å². The minimum atomic E-state index is -0.446. The summed E-state index contributed by atoms with van der Waals surface area (Å²) in [6, 6.07) is 11.7. The van der Waals surface area contributed by atoms with Crippen LogP contribution in [0.4, 0.5) is 4.39 Å². The average Bonchev–Trinajstić information content (AvgIpc) is 2.38. The summed E-state index contributed by atoms with van der Waals surface area (Å²) >= 11 is 0. The molecular formula is C15H10FNO. The van der Waals surface area contributed by atoms with Gasteiger partial charge in [-0.3, -0.25) is 4.98 Å². The summed E-state index contributed by atoms with van der Waals surface area (Å²) in [4.78, 5) is 4.06. The van der Waals surface area contributed by atoms with Crippen LogP contribution in [0.25, 0.3) is 21.9 Å². The number of fused-ring (bicyclic) bond motifs is 1. The number of pyridine rings is 1. The largest absolute Gasteiger partial charge is 0.507 e. The third kappa shape index (κ3) is 1.70. The number of hydrogen-bond donors (Lipinski definition) is 1. The number of aromatic hydroxyl groups is 1. The quantitative estimate of drug-likeness (QED) is 0.701. The first kappa shape index (κ1) is 10.7. The molecule has 3 rings (SSSR count). The lowest BCUT2D eigenvalue weighted by atomic mass is 9.99. The number of rotatable bonds is 1. The van der Waals surface area contributed by atoms with Gasteiger partial charge in [-0.15, -0.1) is 0 Å². The van der Waals surface area contributed by atoms with E-state index >= 15 is 0 Å². The summed E-state index contributed by atoms with van der Waals surface area (Å²) in [7, 11) is 0. The zero-order valence-corrected chi connectivity index (χ0v) is 9.47. The Labute approximate surface area is 103 Å². The van der Waals surface area contributed by atoms with Crippen LogP contribution in [0, 0.1) is 5.82 Å². The zero-order valence-electron chi connectivity index (χ0n) is 9.47. The molecule has 0 bridgehead atoms. The molecule has 1 heterocycles. The summed E-state index contributed by atoms with van der Waals surface area (Å²) in [5.74, 6) is -0.502. The summed E-state index contributed by atoms with van der Waals surface area (Å²) in [6.07, 6.45) is 3.46. The molecule has 2 aromatic carbocycles. The molecule has 0 aliphatic carbocycles. The Kier molecular flexibility index (Phi) is 2.45. The van der Waals surface area contributed by atoms with E-state index in [1.54, 1.807) is 18.5 Å². The van der Waals surface area contributed by atoms with Crippen molar-refractivity contribution in [1.82, 2.24) is 4.98 Å². The Balaban J connectivity index is 2.31. The lowest BCUT2D eigenvalue weighted by molar-refractivity contribution is 0.471. The lowest BCUT2D eigenvalue weighted by Crippen LogP contribution is -1.84. The monoisotopic (exact) mass is 239 g/mol. The Hall–Kier alpha value is -2.42. The van der Waals surface area contributed by atoms with Crippen LogP contribution in [-0.2, 0) is 0 Å². The molecule has 0 fully saturated rings. The SMILES string of the molecule is Oc1cc(F)ccc1-c1cccc2cnccc12. The van der Waals surface area contributed by atoms with Crippen LogP contribution >= 0.6 is 0 Å². The van der Waals surface area contributed by atoms with Gasteiger partial charge < -0.3 is 5.11 Å². The van der Waals surface area contributed by atoms with Crippen molar-refractivity contribution < 1.29 is 9.50 Å². The average molecular weight is 239 g/mol. The van der Waals surface area contributed by atoms with E-state index in [0.717, 1.165) is 22.4 Å². The van der Waals surface area contributed by atoms with Crippen LogP contribution in [0.3, 0.4) is 0 Å². The molecule has 1 aromatic heterocycles. The van der Waals surface area contributed by atoms with Crippen LogP contribution < -0.4 is 0 Å². The van der Waals surface area contributed by atoms with E-state index in [0.29, 0.717) is 5.56 Å². The molecule has 2 nitrogen and oxygen atoms in total. The van der Waals surface area contributed by atoms with E-state index in [2.05, 4.69) is 4.98 Å². The summed E-state index contributed by atoms with van der Waals surface area (Å²) in [5, 5.41) is 11.8. The van der Waals surface area contributed by atoms with Gasteiger partial charge in [0.2, 0.25) is 0 Å². The van der Waals surface area contributed by atoms with Gasteiger partial charge >= 0.3 is 0 Å². The second-order valence-corrected chi connectivity index (χ2v) is 4.06. The van der Waals surface area contributed by atoms with Crippen LogP contribution in [0.1, 0.15) is 0 Å². The zero-order chi connectivity index (χ0) is 12.5. The number of halogens is 1. The maximum absolute atomic E-state index is 13.0. The Morgan fingerprint density at radius 3 is 2.72 bits per heavy atom. The van der Waals surface area contributed by atoms with Gasteiger partial charge in [0.1, 0.15) is 11.6 Å². The molecule has 0 atom stereocenters. The first-order chi connectivity index (χ1) is 8.75. The van der Waals surface area contributed by atoms with Crippen molar-refractivity contribution >= 4 is 10.8 Å². The van der Waals surface area contributed by atoms with Gasteiger partial charge in [0.25, 0.3) is 0 Å². The van der Waals surface area contributed by atoms with Crippen molar-refractivity contribution in [2.24, 2.45) is 0 Å². The Morgan fingerprint density at radius 1 is 1.00 bits per heavy atom. The standard InChI is InChI=1S/C15H10FNO/c16-11-4-5-14(15(18)8-11)13-3-1-2-10-9-17-7-6-12(10)13/h1-9,18H. The fourth-order valence-electron chi connectivity index (χ4n) is 2.09. The van der Waals surface area contributed by atoms with Crippen LogP contribution in [-0.4, -0.2) is 10.1 Å². The molecule has 1 N–H and O–H groups in total. The molecule has 0 spiro atoms. The van der Waals surface area contributed by atoms with Crippen molar-refractivity contribution in [3.05, 3.63) is 60.7 Å². The molecule has 0 aliphatic heterocycles. The number of phenolic OH excluding ortho intramolecular Hbond substituents is 1. The number of phenols is 1. The van der Waals surface area contributed by atoms with Crippen molar-refractivity contribution in [2.45, 2.75) is 0 Å². The van der Waals surface area contributed by atoms with Gasteiger partial charge in [-0.1, -0.05) is 18.2 Å². The fraction of sp³-hybridized carbons (Fsp3) is 0. The van der Waals surface area contributed by atoms with E-state index in [9.17, 15) is 9.50 Å². The second-order valence-electron chi connectivity index (χ2n) is 4.06. The third-order valence-corrected chi connectivity index (χ3v) is 2.93. The van der Waals surface area contributed by atoms with Crippen molar-refractivity contribution in [2.75, 3.05) is 0 Å². The summed E-state index contributed by atoms with van der Waals surface area (Å²) in [5.41, 5.74) is 1.49. The molecule has 0 amide bonds. The Bertz CT molecular complexity index is 719. The van der Waals surface area contributed by atoms with E-state index in [1.165, 1.54) is 6.07 Å². The summed E-state index contributed by atoms with van der Waals surface area (Å²) in [6.45, 7) is 0. The van der Waals surface area contributed by atoms with Gasteiger partial charge in [-0.25, -0.2) is 4.39 Å². The first-order valence-corrected chi connectivity index (χ1v) is 5.57. The maximum Gasteiger partial charge on any atom is 0.126 e. The topological polar surface area (TPSA) is 33.1 Å². The number of aromatic nitrogens is 1. The van der Waals surface area contributed by atoms with Crippen LogP contribution in [0.15, 0.2) is 54.9 Å². The van der Waals surface area contributed by atoms with Gasteiger partial charge in [0.15, 0.2) is 0 Å². The predicted molar refractivity (Wildman–Crippen MR) is 68.8 cm³/mol. The maximum atomic E-state index is 13.0. The molecular weight excluding hydrogens is 229 g/mol. The molecule has 88 valence electrons. The number of benzene rings is 2. The fourth-order valence-corrected chi connectivity index (χ4v) is 2.09. The molecule has 3 heteroatoms. The highest BCUT2D eigenvalue weighted by Gasteiger charge is 2.08. The van der Waals surface area contributed by atoms with Crippen molar-refractivity contribution in [3.63, 3.8) is 0 Å². The first-order valence-electron chi connectivity index (χ1n) is 5.57. The molecule has 0 aliphatic rings. The Morgan fingerprint density at radius 2 is 1.89 bits per heavy atom. The molecule has 0 radical (unpaired) electrons. The van der Waals surface area contributed by atoms with Crippen molar-refractivity contribution in [3.8, 4) is 16.9 Å². The van der Waals surface area contributed by atoms with E-state index in [4.69, 9.17) is 0 Å². The normalized spacial score (nSPS) is 10.7. The minimum absolute atomic E-state index is 0.0562. The van der Waals surface area contributed by atoms with Crippen LogP contribution in [0.5, 0.6) is 5.75 Å².